The number of sulfone groups is 1. The van der Waals surface area contributed by atoms with Gasteiger partial charge < -0.3 is 23.9 Å². The molecule has 6 rings (SSSR count). The standard InChI is InChI=1S/C38H51N5O7SSi/c1-26-20-30(50-41-26)21-35(44)40-33-23-39-38-32(36(33)37(45)29-12-16-48-17-13-29)22-34(43(38)25-49-18-19-52(3,4)5)28-8-6-27(7-9-28)24-42-14-10-31(11-15-42)51(2,46)47/h6-9,20,22-23,29,31H,10-19,21,24-25H2,1-5H3,(H,40,44). The third kappa shape index (κ3) is 9.45. The molecule has 2 saturated heterocycles. The van der Waals surface area contributed by atoms with Gasteiger partial charge in [0.25, 0.3) is 0 Å². The van der Waals surface area contributed by atoms with Gasteiger partial charge in [-0.3, -0.25) is 14.5 Å². The van der Waals surface area contributed by atoms with E-state index < -0.39 is 17.9 Å². The number of piperidine rings is 1. The van der Waals surface area contributed by atoms with Crippen LogP contribution in [0.1, 0.15) is 53.1 Å². The van der Waals surface area contributed by atoms with Crippen molar-refractivity contribution in [3.05, 3.63) is 65.2 Å². The van der Waals surface area contributed by atoms with Crippen LogP contribution < -0.4 is 5.32 Å². The molecule has 0 unspecified atom stereocenters. The van der Waals surface area contributed by atoms with Crippen molar-refractivity contribution in [3.63, 3.8) is 0 Å². The fourth-order valence-electron chi connectivity index (χ4n) is 7.01. The Bertz CT molecular complexity index is 1990. The second-order valence-electron chi connectivity index (χ2n) is 15.5. The molecular formula is C38H51N5O7SSi. The second-order valence-corrected chi connectivity index (χ2v) is 23.4. The number of carbonyl (C=O) groups excluding carboxylic acids is 2. The van der Waals surface area contributed by atoms with Crippen LogP contribution in [0.2, 0.25) is 25.7 Å². The molecule has 1 aromatic carbocycles. The predicted molar refractivity (Wildman–Crippen MR) is 204 cm³/mol. The highest BCUT2D eigenvalue weighted by Gasteiger charge is 2.30. The second kappa shape index (κ2) is 16.1. The Morgan fingerprint density at radius 2 is 1.75 bits per heavy atom. The average Bonchev–Trinajstić information content (AvgIpc) is 3.68. The largest absolute Gasteiger partial charge is 0.381 e. The third-order valence-corrected chi connectivity index (χ3v) is 13.4. The van der Waals surface area contributed by atoms with Crippen molar-refractivity contribution in [1.82, 2.24) is 19.6 Å². The number of benzene rings is 1. The maximum absolute atomic E-state index is 14.4. The number of ether oxygens (including phenoxy) is 2. The van der Waals surface area contributed by atoms with Gasteiger partial charge in [-0.1, -0.05) is 49.1 Å². The number of ketones is 1. The van der Waals surface area contributed by atoms with Gasteiger partial charge in [0.1, 0.15) is 28.0 Å². The van der Waals surface area contributed by atoms with Crippen LogP contribution in [0.3, 0.4) is 0 Å². The van der Waals surface area contributed by atoms with Gasteiger partial charge in [0.2, 0.25) is 5.91 Å². The number of nitrogens with zero attached hydrogens (tertiary/aromatic N) is 4. The normalized spacial score (nSPS) is 16.8. The van der Waals surface area contributed by atoms with Crippen LogP contribution in [-0.4, -0.2) is 92.2 Å². The summed E-state index contributed by atoms with van der Waals surface area (Å²) in [6.45, 7) is 12.9. The van der Waals surface area contributed by atoms with E-state index in [2.05, 4.69) is 59.3 Å². The van der Waals surface area contributed by atoms with Crippen LogP contribution in [0.4, 0.5) is 5.69 Å². The maximum atomic E-state index is 14.4. The highest BCUT2D eigenvalue weighted by Crippen LogP contribution is 2.36. The zero-order valence-electron chi connectivity index (χ0n) is 30.9. The van der Waals surface area contributed by atoms with E-state index in [-0.39, 0.29) is 36.0 Å². The lowest BCUT2D eigenvalue weighted by atomic mass is 9.89. The predicted octanol–water partition coefficient (Wildman–Crippen LogP) is 6.11. The number of rotatable bonds is 14. The minimum atomic E-state index is -3.02. The van der Waals surface area contributed by atoms with E-state index in [4.69, 9.17) is 19.0 Å². The molecule has 1 N–H and O–H groups in total. The lowest BCUT2D eigenvalue weighted by Gasteiger charge is -2.31. The van der Waals surface area contributed by atoms with Crippen molar-refractivity contribution >= 4 is 46.3 Å². The molecular weight excluding hydrogens is 699 g/mol. The number of Topliss-reactive ketones (excluding diaryl/α,β-unsaturated/α-hetero) is 1. The van der Waals surface area contributed by atoms with Gasteiger partial charge in [0, 0.05) is 58.1 Å². The zero-order valence-corrected chi connectivity index (χ0v) is 32.8. The molecule has 2 aliphatic heterocycles. The number of nitrogens with one attached hydrogen (secondary N) is 1. The molecule has 0 aliphatic carbocycles. The summed E-state index contributed by atoms with van der Waals surface area (Å²) in [5, 5.41) is 7.25. The van der Waals surface area contributed by atoms with Gasteiger partial charge in [-0.2, -0.15) is 0 Å². The van der Waals surface area contributed by atoms with Crippen LogP contribution in [0, 0.1) is 12.8 Å². The first kappa shape index (κ1) is 38.0. The molecule has 12 nitrogen and oxygen atoms in total. The lowest BCUT2D eigenvalue weighted by molar-refractivity contribution is -0.115. The number of aromatic nitrogens is 3. The molecule has 4 aromatic rings. The Morgan fingerprint density at radius 3 is 2.38 bits per heavy atom. The van der Waals surface area contributed by atoms with E-state index in [1.165, 1.54) is 6.26 Å². The number of anilines is 1. The number of fused-ring (bicyclic) bond motifs is 1. The number of aryl methyl sites for hydroxylation is 1. The number of likely N-dealkylation sites (tertiary alicyclic amines) is 1. The van der Waals surface area contributed by atoms with E-state index in [0.29, 0.717) is 79.2 Å². The van der Waals surface area contributed by atoms with Gasteiger partial charge in [-0.15, -0.1) is 0 Å². The van der Waals surface area contributed by atoms with Crippen LogP contribution in [0.5, 0.6) is 0 Å². The SMILES string of the molecule is Cc1cc(CC(=O)Nc2cnc3c(cc(-c4ccc(CN5CCC(S(C)(=O)=O)CC5)cc4)n3COCC[Si](C)(C)C)c2C(=O)C2CCOCC2)on1. The molecule has 0 spiro atoms. The first-order chi connectivity index (χ1) is 24.7. The Morgan fingerprint density at radius 1 is 1.04 bits per heavy atom. The Balaban J connectivity index is 1.34. The number of hydrogen-bond acceptors (Lipinski definition) is 10. The Kier molecular flexibility index (Phi) is 11.8. The molecule has 5 heterocycles. The van der Waals surface area contributed by atoms with Crippen molar-refractivity contribution in [1.29, 1.82) is 0 Å². The molecule has 3 aromatic heterocycles. The molecule has 0 atom stereocenters. The molecule has 280 valence electrons. The number of carbonyl (C=O) groups is 2. The minimum absolute atomic E-state index is 0.0248. The summed E-state index contributed by atoms with van der Waals surface area (Å²) < 4.78 is 43.2. The first-order valence-corrected chi connectivity index (χ1v) is 23.9. The summed E-state index contributed by atoms with van der Waals surface area (Å²) in [7, 11) is -4.35. The Labute approximate surface area is 307 Å². The van der Waals surface area contributed by atoms with Crippen molar-refractivity contribution in [2.24, 2.45) is 5.92 Å². The Hall–Kier alpha value is -3.69. The number of hydrogen-bond donors (Lipinski definition) is 1. The number of amides is 1. The number of pyridine rings is 1. The summed E-state index contributed by atoms with van der Waals surface area (Å²) in [6, 6.07) is 13.1. The van der Waals surface area contributed by atoms with E-state index in [9.17, 15) is 18.0 Å². The van der Waals surface area contributed by atoms with Crippen LogP contribution in [0.25, 0.3) is 22.3 Å². The van der Waals surface area contributed by atoms with Gasteiger partial charge in [0.05, 0.1) is 40.5 Å². The quantitative estimate of drug-likeness (QED) is 0.0911. The van der Waals surface area contributed by atoms with Gasteiger partial charge in [-0.05, 0) is 68.9 Å². The molecule has 52 heavy (non-hydrogen) atoms. The molecule has 1 amide bonds. The fourth-order valence-corrected chi connectivity index (χ4v) is 8.84. The molecule has 2 fully saturated rings. The van der Waals surface area contributed by atoms with Crippen LogP contribution in [-0.2, 0) is 43.8 Å². The highest BCUT2D eigenvalue weighted by atomic mass is 32.2. The lowest BCUT2D eigenvalue weighted by Crippen LogP contribution is -2.38. The van der Waals surface area contributed by atoms with E-state index in [1.54, 1.807) is 19.2 Å². The maximum Gasteiger partial charge on any atom is 0.232 e. The van der Waals surface area contributed by atoms with Crippen LogP contribution in [0.15, 0.2) is 47.1 Å². The monoisotopic (exact) mass is 749 g/mol. The topological polar surface area (TPSA) is 146 Å². The smallest absolute Gasteiger partial charge is 0.232 e. The van der Waals surface area contributed by atoms with Crippen molar-refractivity contribution in [2.75, 3.05) is 44.5 Å². The third-order valence-electron chi connectivity index (χ3n) is 10.1. The minimum Gasteiger partial charge on any atom is -0.381 e. The van der Waals surface area contributed by atoms with Crippen molar-refractivity contribution in [3.8, 4) is 11.3 Å². The zero-order chi connectivity index (χ0) is 37.0. The summed E-state index contributed by atoms with van der Waals surface area (Å²) in [5.74, 6) is -0.177. The van der Waals surface area contributed by atoms with Gasteiger partial charge >= 0.3 is 0 Å². The van der Waals surface area contributed by atoms with Crippen molar-refractivity contribution < 1.29 is 32.0 Å². The summed E-state index contributed by atoms with van der Waals surface area (Å²) in [5.41, 5.74) is 5.04. The molecule has 0 bridgehead atoms. The van der Waals surface area contributed by atoms with Gasteiger partial charge in [-0.25, -0.2) is 13.4 Å². The van der Waals surface area contributed by atoms with E-state index in [1.807, 2.05) is 10.6 Å². The van der Waals surface area contributed by atoms with Gasteiger partial charge in [0.15, 0.2) is 5.78 Å². The van der Waals surface area contributed by atoms with E-state index in [0.717, 1.165) is 42.5 Å². The van der Waals surface area contributed by atoms with E-state index >= 15 is 0 Å². The highest BCUT2D eigenvalue weighted by molar-refractivity contribution is 7.91. The molecule has 2 aliphatic rings. The fraction of sp³-hybridized carbons (Fsp3) is 0.526. The summed E-state index contributed by atoms with van der Waals surface area (Å²) in [6.07, 6.45) is 5.40. The summed E-state index contributed by atoms with van der Waals surface area (Å²) in [4.78, 5) is 34.8. The molecule has 0 radical (unpaired) electrons. The average molecular weight is 750 g/mol. The first-order valence-electron chi connectivity index (χ1n) is 18.2. The van der Waals surface area contributed by atoms with Crippen LogP contribution >= 0.6 is 0 Å². The molecule has 14 heteroatoms. The van der Waals surface area contributed by atoms with Crippen molar-refractivity contribution in [2.45, 2.75) is 83.2 Å². The summed E-state index contributed by atoms with van der Waals surface area (Å²) >= 11 is 0. The molecule has 0 saturated carbocycles.